The molecule has 1 aliphatic rings. The van der Waals surface area contributed by atoms with E-state index in [0.29, 0.717) is 17.7 Å². The Bertz CT molecular complexity index is 863. The first kappa shape index (κ1) is 17.7. The predicted octanol–water partition coefficient (Wildman–Crippen LogP) is 3.45. The molecule has 0 spiro atoms. The first-order chi connectivity index (χ1) is 12.2. The summed E-state index contributed by atoms with van der Waals surface area (Å²) in [7, 11) is 0. The van der Waals surface area contributed by atoms with Gasteiger partial charge in [-0.3, -0.25) is 14.5 Å². The number of carbonyl (C=O) groups excluding carboxylic acids is 3. The monoisotopic (exact) mass is 356 g/mol. The maximum Gasteiger partial charge on any atom is 0.411 e. The molecule has 26 heavy (non-hydrogen) atoms. The van der Waals surface area contributed by atoms with Gasteiger partial charge in [0.1, 0.15) is 17.9 Å². The molecule has 0 saturated carbocycles. The van der Waals surface area contributed by atoms with E-state index in [0.717, 1.165) is 11.1 Å². The fourth-order valence-corrected chi connectivity index (χ4v) is 2.65. The molecule has 0 fully saturated rings. The number of amides is 2. The van der Waals surface area contributed by atoms with E-state index in [1.165, 1.54) is 4.90 Å². The molecule has 1 aromatic heterocycles. The van der Waals surface area contributed by atoms with Gasteiger partial charge in [-0.25, -0.2) is 4.79 Å². The van der Waals surface area contributed by atoms with Crippen LogP contribution in [0.3, 0.4) is 0 Å². The molecule has 136 valence electrons. The average Bonchev–Trinajstić information content (AvgIpc) is 2.96. The highest BCUT2D eigenvalue weighted by molar-refractivity contribution is 5.96. The van der Waals surface area contributed by atoms with Crippen LogP contribution < -0.4 is 5.32 Å². The van der Waals surface area contributed by atoms with Crippen molar-refractivity contribution in [2.75, 3.05) is 11.9 Å². The maximum atomic E-state index is 12.4. The molecule has 0 atom stereocenters. The van der Waals surface area contributed by atoms with Gasteiger partial charge in [0.15, 0.2) is 12.0 Å². The average molecular weight is 356 g/mol. The van der Waals surface area contributed by atoms with Gasteiger partial charge in [-0.15, -0.1) is 0 Å². The maximum absolute atomic E-state index is 12.4. The van der Waals surface area contributed by atoms with E-state index in [9.17, 15) is 14.4 Å². The summed E-state index contributed by atoms with van der Waals surface area (Å²) in [5, 5.41) is 2.79. The van der Waals surface area contributed by atoms with E-state index in [1.54, 1.807) is 45.0 Å². The van der Waals surface area contributed by atoms with Gasteiger partial charge in [0.05, 0.1) is 6.54 Å². The number of benzene rings is 1. The zero-order chi connectivity index (χ0) is 18.9. The molecule has 7 heteroatoms. The van der Waals surface area contributed by atoms with Crippen LogP contribution in [-0.2, 0) is 16.1 Å². The van der Waals surface area contributed by atoms with Crippen LogP contribution >= 0.6 is 0 Å². The van der Waals surface area contributed by atoms with Gasteiger partial charge in [0, 0.05) is 11.3 Å². The predicted molar refractivity (Wildman–Crippen MR) is 94.8 cm³/mol. The van der Waals surface area contributed by atoms with Crippen LogP contribution in [0.1, 0.15) is 36.9 Å². The lowest BCUT2D eigenvalue weighted by molar-refractivity contribution is -0.117. The molecule has 1 N–H and O–H groups in total. The van der Waals surface area contributed by atoms with Crippen molar-refractivity contribution < 1.29 is 23.5 Å². The molecule has 0 bridgehead atoms. The Balaban J connectivity index is 1.90. The summed E-state index contributed by atoms with van der Waals surface area (Å²) >= 11 is 0. The minimum atomic E-state index is -0.649. The lowest BCUT2D eigenvalue weighted by atomic mass is 10.1. The third-order valence-electron chi connectivity index (χ3n) is 3.75. The lowest BCUT2D eigenvalue weighted by Gasteiger charge is -2.25. The molecular formula is C19H20N2O5. The van der Waals surface area contributed by atoms with Gasteiger partial charge in [-0.1, -0.05) is 0 Å². The van der Waals surface area contributed by atoms with Crippen LogP contribution in [0.15, 0.2) is 34.7 Å². The van der Waals surface area contributed by atoms with E-state index in [2.05, 4.69) is 5.32 Å². The van der Waals surface area contributed by atoms with E-state index in [-0.39, 0.29) is 24.8 Å². The smallest absolute Gasteiger partial charge is 0.411 e. The molecule has 2 amide bonds. The number of anilines is 1. The van der Waals surface area contributed by atoms with Gasteiger partial charge >= 0.3 is 6.09 Å². The second-order valence-corrected chi connectivity index (χ2v) is 7.08. The van der Waals surface area contributed by atoms with E-state index in [4.69, 9.17) is 9.15 Å². The number of nitrogens with zero attached hydrogens (tertiary/aromatic N) is 1. The second-order valence-electron chi connectivity index (χ2n) is 7.08. The third kappa shape index (κ3) is 3.93. The number of carbonyl (C=O) groups is 3. The summed E-state index contributed by atoms with van der Waals surface area (Å²) in [4.78, 5) is 36.6. The Labute approximate surface area is 150 Å². The summed E-state index contributed by atoms with van der Waals surface area (Å²) in [6.45, 7) is 5.45. The molecule has 0 radical (unpaired) electrons. The standard InChI is InChI=1S/C19H20N2O5/c1-19(2,3)26-18(24)21-9-13-8-12(16-7-5-14(11-22)25-16)4-6-15(13)20-17(23)10-21/h4-8,11H,9-10H2,1-3H3,(H,20,23). The van der Waals surface area contributed by atoms with Crippen molar-refractivity contribution in [2.24, 2.45) is 0 Å². The summed E-state index contributed by atoms with van der Waals surface area (Å²) in [6, 6.07) is 8.65. The Morgan fingerprint density at radius 1 is 1.23 bits per heavy atom. The fraction of sp³-hybridized carbons (Fsp3) is 0.316. The Morgan fingerprint density at radius 2 is 2.00 bits per heavy atom. The van der Waals surface area contributed by atoms with Crippen LogP contribution in [0.25, 0.3) is 11.3 Å². The molecule has 1 aromatic carbocycles. The lowest BCUT2D eigenvalue weighted by Crippen LogP contribution is -2.39. The summed E-state index contributed by atoms with van der Waals surface area (Å²) < 4.78 is 10.8. The summed E-state index contributed by atoms with van der Waals surface area (Å²) in [5.74, 6) is 0.483. The number of nitrogens with one attached hydrogen (secondary N) is 1. The summed E-state index contributed by atoms with van der Waals surface area (Å²) in [5.41, 5.74) is 1.48. The second kappa shape index (κ2) is 6.67. The third-order valence-corrected chi connectivity index (χ3v) is 3.75. The minimum Gasteiger partial charge on any atom is -0.453 e. The zero-order valence-electron chi connectivity index (χ0n) is 14.9. The normalized spacial score (nSPS) is 14.3. The molecule has 2 aromatic rings. The largest absolute Gasteiger partial charge is 0.453 e. The van der Waals surface area contributed by atoms with Crippen molar-refractivity contribution in [1.82, 2.24) is 4.90 Å². The van der Waals surface area contributed by atoms with E-state index < -0.39 is 11.7 Å². The van der Waals surface area contributed by atoms with Crippen molar-refractivity contribution in [3.63, 3.8) is 0 Å². The number of hydrogen-bond donors (Lipinski definition) is 1. The topological polar surface area (TPSA) is 88.9 Å². The van der Waals surface area contributed by atoms with Crippen molar-refractivity contribution in [2.45, 2.75) is 32.9 Å². The van der Waals surface area contributed by atoms with Crippen molar-refractivity contribution in [3.05, 3.63) is 41.7 Å². The molecule has 0 aliphatic carbocycles. The molecule has 3 rings (SSSR count). The highest BCUT2D eigenvalue weighted by Gasteiger charge is 2.27. The van der Waals surface area contributed by atoms with Gasteiger partial charge < -0.3 is 14.5 Å². The van der Waals surface area contributed by atoms with Gasteiger partial charge in [-0.2, -0.15) is 0 Å². The van der Waals surface area contributed by atoms with Crippen LogP contribution in [0.4, 0.5) is 10.5 Å². The van der Waals surface area contributed by atoms with Crippen molar-refractivity contribution in [1.29, 1.82) is 0 Å². The number of aldehydes is 1. The Morgan fingerprint density at radius 3 is 2.65 bits per heavy atom. The molecule has 0 unspecified atom stereocenters. The number of rotatable bonds is 2. The van der Waals surface area contributed by atoms with Crippen molar-refractivity contribution >= 4 is 24.0 Å². The molecular weight excluding hydrogens is 336 g/mol. The number of fused-ring (bicyclic) bond motifs is 1. The van der Waals surface area contributed by atoms with Gasteiger partial charge in [0.2, 0.25) is 5.91 Å². The molecule has 2 heterocycles. The minimum absolute atomic E-state index is 0.0883. The molecule has 1 aliphatic heterocycles. The quantitative estimate of drug-likeness (QED) is 0.833. The Kier molecular flexibility index (Phi) is 4.54. The molecule has 7 nitrogen and oxygen atoms in total. The Hall–Kier alpha value is -3.09. The van der Waals surface area contributed by atoms with Gasteiger partial charge in [0.25, 0.3) is 0 Å². The number of ether oxygens (including phenoxy) is 1. The zero-order valence-corrected chi connectivity index (χ0v) is 14.9. The van der Waals surface area contributed by atoms with Gasteiger partial charge in [-0.05, 0) is 56.7 Å². The van der Waals surface area contributed by atoms with Crippen molar-refractivity contribution in [3.8, 4) is 11.3 Å². The van der Waals surface area contributed by atoms with E-state index >= 15 is 0 Å². The summed E-state index contributed by atoms with van der Waals surface area (Å²) in [6.07, 6.45) is 0.0874. The molecule has 0 saturated heterocycles. The number of hydrogen-bond acceptors (Lipinski definition) is 5. The first-order valence-electron chi connectivity index (χ1n) is 8.21. The SMILES string of the molecule is CC(C)(C)OC(=O)N1CC(=O)Nc2ccc(-c3ccc(C=O)o3)cc2C1. The highest BCUT2D eigenvalue weighted by atomic mass is 16.6. The highest BCUT2D eigenvalue weighted by Crippen LogP contribution is 2.29. The van der Waals surface area contributed by atoms with Crippen LogP contribution in [-0.4, -0.2) is 35.3 Å². The fourth-order valence-electron chi connectivity index (χ4n) is 2.65. The van der Waals surface area contributed by atoms with Crippen LogP contribution in [0.5, 0.6) is 0 Å². The van der Waals surface area contributed by atoms with Crippen LogP contribution in [0, 0.1) is 0 Å². The first-order valence-corrected chi connectivity index (χ1v) is 8.21. The van der Waals surface area contributed by atoms with Crippen LogP contribution in [0.2, 0.25) is 0 Å². The van der Waals surface area contributed by atoms with E-state index in [1.807, 2.05) is 6.07 Å². The number of furan rings is 1.